The first-order valence-corrected chi connectivity index (χ1v) is 4.33. The van der Waals surface area contributed by atoms with Crippen molar-refractivity contribution in [3.63, 3.8) is 0 Å². The maximum atomic E-state index is 12.7. The van der Waals surface area contributed by atoms with Crippen LogP contribution in [0.1, 0.15) is 12.5 Å². The van der Waals surface area contributed by atoms with Crippen molar-refractivity contribution in [1.82, 2.24) is 0 Å². The molecule has 0 atom stereocenters. The van der Waals surface area contributed by atoms with E-state index in [-0.39, 0.29) is 13.2 Å². The van der Waals surface area contributed by atoms with Crippen LogP contribution in [0.15, 0.2) is 30.3 Å². The molecule has 4 heteroatoms. The first-order chi connectivity index (χ1) is 6.64. The molecule has 1 aromatic rings. The van der Waals surface area contributed by atoms with Crippen LogP contribution in [0.4, 0.5) is 8.78 Å². The average Bonchev–Trinajstić information content (AvgIpc) is 2.17. The van der Waals surface area contributed by atoms with Crippen LogP contribution in [0.2, 0.25) is 0 Å². The van der Waals surface area contributed by atoms with Gasteiger partial charge in [0.25, 0.3) is 0 Å². The highest BCUT2D eigenvalue weighted by Gasteiger charge is 2.30. The maximum absolute atomic E-state index is 12.7. The van der Waals surface area contributed by atoms with Crippen molar-refractivity contribution in [2.24, 2.45) is 0 Å². The SMILES string of the molecule is CCOC(F)(F)OCc1ccccc1. The highest BCUT2D eigenvalue weighted by atomic mass is 19.3. The monoisotopic (exact) mass is 202 g/mol. The lowest BCUT2D eigenvalue weighted by Crippen LogP contribution is -2.24. The van der Waals surface area contributed by atoms with Crippen LogP contribution in [-0.4, -0.2) is 12.9 Å². The molecule has 0 radical (unpaired) electrons. The predicted octanol–water partition coefficient (Wildman–Crippen LogP) is 2.79. The van der Waals surface area contributed by atoms with Gasteiger partial charge in [-0.15, -0.1) is 8.78 Å². The van der Waals surface area contributed by atoms with Crippen LogP contribution in [0.25, 0.3) is 0 Å². The van der Waals surface area contributed by atoms with Gasteiger partial charge in [0.1, 0.15) is 0 Å². The first kappa shape index (κ1) is 11.1. The fourth-order valence-electron chi connectivity index (χ4n) is 0.951. The third-order valence-corrected chi connectivity index (χ3v) is 1.56. The normalized spacial score (nSPS) is 11.6. The summed E-state index contributed by atoms with van der Waals surface area (Å²) in [6, 6.07) is 8.75. The van der Waals surface area contributed by atoms with Crippen molar-refractivity contribution < 1.29 is 18.3 Å². The number of rotatable bonds is 5. The van der Waals surface area contributed by atoms with E-state index in [0.29, 0.717) is 5.56 Å². The van der Waals surface area contributed by atoms with Crippen molar-refractivity contribution in [2.75, 3.05) is 6.61 Å². The second kappa shape index (κ2) is 5.02. The van der Waals surface area contributed by atoms with Gasteiger partial charge in [-0.2, -0.15) is 0 Å². The molecule has 0 fully saturated rings. The Kier molecular flexibility index (Phi) is 3.98. The molecule has 0 spiro atoms. The molecule has 0 aliphatic heterocycles. The fourth-order valence-corrected chi connectivity index (χ4v) is 0.951. The smallest absolute Gasteiger partial charge is 0.296 e. The minimum Gasteiger partial charge on any atom is -0.296 e. The lowest BCUT2D eigenvalue weighted by Gasteiger charge is -2.15. The summed E-state index contributed by atoms with van der Waals surface area (Å²) >= 11 is 0. The lowest BCUT2D eigenvalue weighted by molar-refractivity contribution is -0.395. The number of hydrogen-bond donors (Lipinski definition) is 0. The van der Waals surface area contributed by atoms with Crippen LogP contribution < -0.4 is 0 Å². The number of hydrogen-bond acceptors (Lipinski definition) is 2. The van der Waals surface area contributed by atoms with E-state index in [0.717, 1.165) is 0 Å². The summed E-state index contributed by atoms with van der Waals surface area (Å²) in [4.78, 5) is 0. The molecule has 0 aromatic heterocycles. The van der Waals surface area contributed by atoms with Gasteiger partial charge in [0.15, 0.2) is 0 Å². The summed E-state index contributed by atoms with van der Waals surface area (Å²) in [6.07, 6.45) is -3.50. The van der Waals surface area contributed by atoms with Gasteiger partial charge in [-0.3, -0.25) is 9.47 Å². The number of benzene rings is 1. The van der Waals surface area contributed by atoms with Crippen molar-refractivity contribution in [3.8, 4) is 0 Å². The predicted molar refractivity (Wildman–Crippen MR) is 47.8 cm³/mol. The minimum atomic E-state index is -3.50. The first-order valence-electron chi connectivity index (χ1n) is 4.33. The topological polar surface area (TPSA) is 18.5 Å². The van der Waals surface area contributed by atoms with Crippen molar-refractivity contribution in [2.45, 2.75) is 19.8 Å². The Bertz CT molecular complexity index is 262. The molecule has 0 bridgehead atoms. The Morgan fingerprint density at radius 3 is 2.36 bits per heavy atom. The van der Waals surface area contributed by atoms with Gasteiger partial charge in [-0.1, -0.05) is 30.3 Å². The zero-order valence-electron chi connectivity index (χ0n) is 7.87. The van der Waals surface area contributed by atoms with Gasteiger partial charge >= 0.3 is 6.29 Å². The molecule has 0 N–H and O–H groups in total. The summed E-state index contributed by atoms with van der Waals surface area (Å²) in [5.74, 6) is 0. The molecule has 0 aliphatic rings. The molecular formula is C10H12F2O2. The van der Waals surface area contributed by atoms with E-state index in [1.165, 1.54) is 6.92 Å². The second-order valence-electron chi connectivity index (χ2n) is 2.67. The quantitative estimate of drug-likeness (QED) is 0.683. The molecule has 1 aromatic carbocycles. The van der Waals surface area contributed by atoms with Crippen LogP contribution in [0, 0.1) is 0 Å². The molecule has 0 unspecified atom stereocenters. The zero-order valence-corrected chi connectivity index (χ0v) is 7.87. The Hall–Kier alpha value is -1.00. The Morgan fingerprint density at radius 2 is 1.79 bits per heavy atom. The number of ether oxygens (including phenoxy) is 2. The van der Waals surface area contributed by atoms with E-state index in [2.05, 4.69) is 9.47 Å². The van der Waals surface area contributed by atoms with E-state index in [1.807, 2.05) is 6.07 Å². The second-order valence-corrected chi connectivity index (χ2v) is 2.67. The lowest BCUT2D eigenvalue weighted by atomic mass is 10.2. The Labute approximate surface area is 81.4 Å². The highest BCUT2D eigenvalue weighted by Crippen LogP contribution is 2.18. The van der Waals surface area contributed by atoms with E-state index < -0.39 is 6.29 Å². The molecule has 0 aliphatic carbocycles. The van der Waals surface area contributed by atoms with Crippen LogP contribution in [-0.2, 0) is 16.1 Å². The number of alkyl halides is 2. The van der Waals surface area contributed by atoms with Crippen LogP contribution >= 0.6 is 0 Å². The third kappa shape index (κ3) is 3.81. The Morgan fingerprint density at radius 1 is 1.14 bits per heavy atom. The summed E-state index contributed by atoms with van der Waals surface area (Å²) in [7, 11) is 0. The maximum Gasteiger partial charge on any atom is 0.485 e. The summed E-state index contributed by atoms with van der Waals surface area (Å²) in [6.45, 7) is 1.25. The standard InChI is InChI=1S/C10H12F2O2/c1-2-13-10(11,12)14-8-9-6-4-3-5-7-9/h3-7H,2,8H2,1H3. The highest BCUT2D eigenvalue weighted by molar-refractivity contribution is 5.13. The van der Waals surface area contributed by atoms with E-state index in [1.54, 1.807) is 24.3 Å². The van der Waals surface area contributed by atoms with Gasteiger partial charge in [-0.05, 0) is 12.5 Å². The van der Waals surface area contributed by atoms with Crippen LogP contribution in [0.3, 0.4) is 0 Å². The molecule has 1 rings (SSSR count). The largest absolute Gasteiger partial charge is 0.485 e. The molecular weight excluding hydrogens is 190 g/mol. The zero-order chi connectivity index (χ0) is 10.4. The molecule has 78 valence electrons. The molecule has 0 amide bonds. The van der Waals surface area contributed by atoms with E-state index in [4.69, 9.17) is 0 Å². The van der Waals surface area contributed by atoms with Crippen molar-refractivity contribution in [3.05, 3.63) is 35.9 Å². The molecule has 14 heavy (non-hydrogen) atoms. The molecule has 2 nitrogen and oxygen atoms in total. The summed E-state index contributed by atoms with van der Waals surface area (Å²) < 4.78 is 33.7. The Balaban J connectivity index is 2.40. The fraction of sp³-hybridized carbons (Fsp3) is 0.400. The van der Waals surface area contributed by atoms with Gasteiger partial charge in [0.05, 0.1) is 13.2 Å². The summed E-state index contributed by atoms with van der Waals surface area (Å²) in [5, 5.41) is 0. The van der Waals surface area contributed by atoms with Gasteiger partial charge in [0, 0.05) is 0 Å². The van der Waals surface area contributed by atoms with Crippen molar-refractivity contribution >= 4 is 0 Å². The van der Waals surface area contributed by atoms with Crippen LogP contribution in [0.5, 0.6) is 0 Å². The number of halogens is 2. The van der Waals surface area contributed by atoms with E-state index in [9.17, 15) is 8.78 Å². The minimum absolute atomic E-state index is 0.0816. The van der Waals surface area contributed by atoms with E-state index >= 15 is 0 Å². The summed E-state index contributed by atoms with van der Waals surface area (Å²) in [5.41, 5.74) is 0.687. The third-order valence-electron chi connectivity index (χ3n) is 1.56. The average molecular weight is 202 g/mol. The van der Waals surface area contributed by atoms with Gasteiger partial charge in [0.2, 0.25) is 0 Å². The van der Waals surface area contributed by atoms with Gasteiger partial charge < -0.3 is 0 Å². The molecule has 0 saturated heterocycles. The van der Waals surface area contributed by atoms with Gasteiger partial charge in [-0.25, -0.2) is 0 Å². The molecule has 0 heterocycles. The van der Waals surface area contributed by atoms with Crippen molar-refractivity contribution in [1.29, 1.82) is 0 Å². The molecule has 0 saturated carbocycles.